The van der Waals surface area contributed by atoms with Crippen LogP contribution in [0.1, 0.15) is 43.7 Å². The molecule has 0 aliphatic carbocycles. The van der Waals surface area contributed by atoms with Crippen LogP contribution >= 0.6 is 23.2 Å². The minimum absolute atomic E-state index is 0.211. The monoisotopic (exact) mass is 300 g/mol. The average Bonchev–Trinajstić information content (AvgIpc) is 2.34. The van der Waals surface area contributed by atoms with Crippen LogP contribution in [-0.4, -0.2) is 24.5 Å². The molecule has 0 spiro atoms. The molecule has 1 atom stereocenters. The predicted molar refractivity (Wildman–Crippen MR) is 82.9 cm³/mol. The summed E-state index contributed by atoms with van der Waals surface area (Å²) in [5.41, 5.74) is 7.11. The molecule has 4 heteroatoms. The lowest BCUT2D eigenvalue weighted by atomic mass is 10.0. The first-order valence-corrected chi connectivity index (χ1v) is 7.87. The van der Waals surface area contributed by atoms with Crippen LogP contribution in [0.2, 0.25) is 10.0 Å². The Morgan fingerprint density at radius 2 is 1.68 bits per heavy atom. The van der Waals surface area contributed by atoms with Crippen LogP contribution in [0.4, 0.5) is 0 Å². The van der Waals surface area contributed by atoms with Crippen LogP contribution in [0, 0.1) is 0 Å². The maximum atomic E-state index is 6.33. The number of nitrogens with zero attached hydrogens (tertiary/aromatic N) is 1. The van der Waals surface area contributed by atoms with Gasteiger partial charge in [-0.05, 0) is 43.6 Å². The van der Waals surface area contributed by atoms with Gasteiger partial charge in [0.25, 0.3) is 0 Å². The molecule has 2 N–H and O–H groups in total. The summed E-state index contributed by atoms with van der Waals surface area (Å²) < 4.78 is 0. The third-order valence-electron chi connectivity index (χ3n) is 3.88. The van der Waals surface area contributed by atoms with Gasteiger partial charge in [-0.2, -0.15) is 0 Å². The van der Waals surface area contributed by atoms with Crippen molar-refractivity contribution in [3.63, 3.8) is 0 Å². The molecule has 1 unspecified atom stereocenters. The lowest BCUT2D eigenvalue weighted by Crippen LogP contribution is -2.36. The number of likely N-dealkylation sites (tertiary alicyclic amines) is 1. The first-order valence-electron chi connectivity index (χ1n) is 7.11. The van der Waals surface area contributed by atoms with Crippen molar-refractivity contribution in [2.45, 2.75) is 38.1 Å². The standard InChI is InChI=1S/C15H22Cl2N2/c16-12-6-7-13(14(17)10-12)15(11-18)19-8-4-2-1-3-5-9-19/h6-7,10,15H,1-5,8-9,11,18H2. The third-order valence-corrected chi connectivity index (χ3v) is 4.44. The number of rotatable bonds is 3. The highest BCUT2D eigenvalue weighted by Crippen LogP contribution is 2.30. The van der Waals surface area contributed by atoms with Crippen molar-refractivity contribution in [2.24, 2.45) is 5.73 Å². The van der Waals surface area contributed by atoms with E-state index >= 15 is 0 Å². The number of benzene rings is 1. The summed E-state index contributed by atoms with van der Waals surface area (Å²) in [7, 11) is 0. The molecular formula is C15H22Cl2N2. The summed E-state index contributed by atoms with van der Waals surface area (Å²) in [6, 6.07) is 5.93. The van der Waals surface area contributed by atoms with Gasteiger partial charge in [0.2, 0.25) is 0 Å². The van der Waals surface area contributed by atoms with Gasteiger partial charge in [-0.3, -0.25) is 4.90 Å². The smallest absolute Gasteiger partial charge is 0.0485 e. The van der Waals surface area contributed by atoms with Gasteiger partial charge in [0.15, 0.2) is 0 Å². The maximum absolute atomic E-state index is 6.33. The lowest BCUT2D eigenvalue weighted by Gasteiger charge is -2.33. The molecule has 2 nitrogen and oxygen atoms in total. The van der Waals surface area contributed by atoms with Crippen molar-refractivity contribution in [3.8, 4) is 0 Å². The van der Waals surface area contributed by atoms with Crippen LogP contribution in [0.25, 0.3) is 0 Å². The van der Waals surface area contributed by atoms with Gasteiger partial charge in [-0.1, -0.05) is 48.5 Å². The zero-order chi connectivity index (χ0) is 13.7. The molecule has 1 fully saturated rings. The van der Waals surface area contributed by atoms with Crippen molar-refractivity contribution in [2.75, 3.05) is 19.6 Å². The van der Waals surface area contributed by atoms with E-state index in [2.05, 4.69) is 4.90 Å². The van der Waals surface area contributed by atoms with Gasteiger partial charge in [0.05, 0.1) is 0 Å². The number of hydrogen-bond acceptors (Lipinski definition) is 2. The van der Waals surface area contributed by atoms with E-state index in [4.69, 9.17) is 28.9 Å². The van der Waals surface area contributed by atoms with E-state index in [0.29, 0.717) is 11.6 Å². The van der Waals surface area contributed by atoms with Crippen molar-refractivity contribution in [1.82, 2.24) is 4.90 Å². The Morgan fingerprint density at radius 3 is 2.26 bits per heavy atom. The Morgan fingerprint density at radius 1 is 1.05 bits per heavy atom. The van der Waals surface area contributed by atoms with Crippen LogP contribution in [0.15, 0.2) is 18.2 Å². The molecular weight excluding hydrogens is 279 g/mol. The molecule has 0 amide bonds. The van der Waals surface area contributed by atoms with E-state index in [1.54, 1.807) is 0 Å². The number of halogens is 2. The zero-order valence-corrected chi connectivity index (χ0v) is 12.8. The Labute approximate surface area is 125 Å². The SMILES string of the molecule is NCC(c1ccc(Cl)cc1Cl)N1CCCCCCC1. The van der Waals surface area contributed by atoms with Crippen molar-refractivity contribution in [3.05, 3.63) is 33.8 Å². The van der Waals surface area contributed by atoms with E-state index < -0.39 is 0 Å². The molecule has 2 rings (SSSR count). The van der Waals surface area contributed by atoms with Gasteiger partial charge in [0.1, 0.15) is 0 Å². The molecule has 1 saturated heterocycles. The normalized spacial score (nSPS) is 19.7. The highest BCUT2D eigenvalue weighted by Gasteiger charge is 2.21. The Bertz CT molecular complexity index is 401. The fourth-order valence-electron chi connectivity index (χ4n) is 2.83. The Balaban J connectivity index is 2.17. The summed E-state index contributed by atoms with van der Waals surface area (Å²) in [5.74, 6) is 0. The summed E-state index contributed by atoms with van der Waals surface area (Å²) in [6.45, 7) is 2.82. The molecule has 0 radical (unpaired) electrons. The van der Waals surface area contributed by atoms with Gasteiger partial charge >= 0.3 is 0 Å². The van der Waals surface area contributed by atoms with Crippen molar-refractivity contribution in [1.29, 1.82) is 0 Å². The van der Waals surface area contributed by atoms with Gasteiger partial charge in [-0.15, -0.1) is 0 Å². The molecule has 0 bridgehead atoms. The molecule has 1 aliphatic rings. The summed E-state index contributed by atoms with van der Waals surface area (Å²) in [4.78, 5) is 2.48. The van der Waals surface area contributed by atoms with Crippen LogP contribution in [-0.2, 0) is 0 Å². The summed E-state index contributed by atoms with van der Waals surface area (Å²) in [6.07, 6.45) is 6.51. The average molecular weight is 301 g/mol. The fraction of sp³-hybridized carbons (Fsp3) is 0.600. The van der Waals surface area contributed by atoms with Crippen molar-refractivity contribution < 1.29 is 0 Å². The fourth-order valence-corrected chi connectivity index (χ4v) is 3.36. The van der Waals surface area contributed by atoms with Gasteiger partial charge in [0, 0.05) is 22.6 Å². The molecule has 1 heterocycles. The quantitative estimate of drug-likeness (QED) is 0.904. The highest BCUT2D eigenvalue weighted by atomic mass is 35.5. The van der Waals surface area contributed by atoms with E-state index in [1.165, 1.54) is 32.1 Å². The molecule has 1 aromatic rings. The molecule has 19 heavy (non-hydrogen) atoms. The summed E-state index contributed by atoms with van der Waals surface area (Å²) >= 11 is 12.3. The second kappa shape index (κ2) is 7.49. The number of nitrogens with two attached hydrogens (primary N) is 1. The first-order chi connectivity index (χ1) is 9.22. The highest BCUT2D eigenvalue weighted by molar-refractivity contribution is 6.35. The first kappa shape index (κ1) is 15.1. The van der Waals surface area contributed by atoms with E-state index in [0.717, 1.165) is 23.7 Å². The molecule has 0 aromatic heterocycles. The van der Waals surface area contributed by atoms with E-state index in [-0.39, 0.29) is 6.04 Å². The van der Waals surface area contributed by atoms with Crippen molar-refractivity contribution >= 4 is 23.2 Å². The topological polar surface area (TPSA) is 29.3 Å². The molecule has 1 aromatic carbocycles. The van der Waals surface area contributed by atoms with Gasteiger partial charge in [-0.25, -0.2) is 0 Å². The van der Waals surface area contributed by atoms with Crippen LogP contribution in [0.5, 0.6) is 0 Å². The van der Waals surface area contributed by atoms with Crippen LogP contribution < -0.4 is 5.73 Å². The van der Waals surface area contributed by atoms with Gasteiger partial charge < -0.3 is 5.73 Å². The summed E-state index contributed by atoms with van der Waals surface area (Å²) in [5, 5.41) is 1.40. The second-order valence-electron chi connectivity index (χ2n) is 5.22. The second-order valence-corrected chi connectivity index (χ2v) is 6.06. The Hall–Kier alpha value is -0.280. The molecule has 0 saturated carbocycles. The maximum Gasteiger partial charge on any atom is 0.0485 e. The van der Waals surface area contributed by atoms with Crippen LogP contribution in [0.3, 0.4) is 0 Å². The predicted octanol–water partition coefficient (Wildman–Crippen LogP) is 4.26. The largest absolute Gasteiger partial charge is 0.329 e. The Kier molecular flexibility index (Phi) is 5.96. The third kappa shape index (κ3) is 4.09. The number of hydrogen-bond donors (Lipinski definition) is 1. The zero-order valence-electron chi connectivity index (χ0n) is 11.2. The van der Waals surface area contributed by atoms with E-state index in [1.807, 2.05) is 18.2 Å². The minimum Gasteiger partial charge on any atom is -0.329 e. The van der Waals surface area contributed by atoms with E-state index in [9.17, 15) is 0 Å². The molecule has 1 aliphatic heterocycles. The minimum atomic E-state index is 0.211. The molecule has 106 valence electrons. The lowest BCUT2D eigenvalue weighted by molar-refractivity contribution is 0.184.